The van der Waals surface area contributed by atoms with Crippen LogP contribution in [0.3, 0.4) is 0 Å². The number of amides is 2. The van der Waals surface area contributed by atoms with Crippen LogP contribution in [0.4, 0.5) is 17.1 Å². The highest BCUT2D eigenvalue weighted by atomic mass is 32.1. The van der Waals surface area contributed by atoms with Crippen molar-refractivity contribution in [3.63, 3.8) is 0 Å². The van der Waals surface area contributed by atoms with Gasteiger partial charge in [-0.3, -0.25) is 19.4 Å². The number of thiophene rings is 1. The molecule has 4 rings (SSSR count). The number of carbonyl (C=O) groups is 2. The van der Waals surface area contributed by atoms with Gasteiger partial charge in [0.25, 0.3) is 5.91 Å². The lowest BCUT2D eigenvalue weighted by Crippen LogP contribution is -2.48. The Labute approximate surface area is 157 Å². The molecule has 2 aliphatic heterocycles. The van der Waals surface area contributed by atoms with Crippen LogP contribution < -0.4 is 10.2 Å². The van der Waals surface area contributed by atoms with E-state index in [1.165, 1.54) is 11.3 Å². The maximum absolute atomic E-state index is 13.3. The Balaban J connectivity index is 1.71. The minimum atomic E-state index is -0.152. The third-order valence-electron chi connectivity index (χ3n) is 5.02. The summed E-state index contributed by atoms with van der Waals surface area (Å²) in [5, 5.41) is 4.86. The molecule has 0 aliphatic carbocycles. The number of piperazine rings is 1. The van der Waals surface area contributed by atoms with Crippen molar-refractivity contribution < 1.29 is 9.59 Å². The Morgan fingerprint density at radius 3 is 2.65 bits per heavy atom. The molecule has 3 heterocycles. The van der Waals surface area contributed by atoms with E-state index in [1.807, 2.05) is 36.6 Å². The van der Waals surface area contributed by atoms with E-state index < -0.39 is 0 Å². The van der Waals surface area contributed by atoms with E-state index in [-0.39, 0.29) is 11.8 Å². The normalized spacial score (nSPS) is 18.1. The maximum Gasteiger partial charge on any atom is 0.258 e. The Bertz CT molecular complexity index is 855. The fraction of sp³-hybridized carbons (Fsp3) is 0.368. The lowest BCUT2D eigenvalue weighted by atomic mass is 10.2. The molecule has 7 heteroatoms. The standard InChI is InChI=1S/C19H22N4O2S/c1-13-18-16(12-26-13)23(15-6-4-3-5-14(15)20-19(18)25)17(24)11-22-9-7-21(2)8-10-22/h3-6,12H,7-11H2,1-2H3,(H,20,25). The van der Waals surface area contributed by atoms with Gasteiger partial charge < -0.3 is 10.2 Å². The van der Waals surface area contributed by atoms with Gasteiger partial charge in [-0.1, -0.05) is 12.1 Å². The summed E-state index contributed by atoms with van der Waals surface area (Å²) in [4.78, 5) is 33.0. The van der Waals surface area contributed by atoms with E-state index in [2.05, 4.69) is 22.2 Å². The van der Waals surface area contributed by atoms with Gasteiger partial charge in [0, 0.05) is 36.4 Å². The van der Waals surface area contributed by atoms with Crippen LogP contribution in [0.1, 0.15) is 15.2 Å². The van der Waals surface area contributed by atoms with Crippen molar-refractivity contribution in [3.05, 3.63) is 40.1 Å². The van der Waals surface area contributed by atoms with Gasteiger partial charge in [0.05, 0.1) is 29.2 Å². The molecule has 1 aromatic carbocycles. The number of nitrogens with zero attached hydrogens (tertiary/aromatic N) is 3. The van der Waals surface area contributed by atoms with Crippen molar-refractivity contribution >= 4 is 40.2 Å². The molecule has 1 saturated heterocycles. The second-order valence-corrected chi connectivity index (χ2v) is 7.92. The molecular formula is C19H22N4O2S. The molecule has 0 unspecified atom stereocenters. The van der Waals surface area contributed by atoms with E-state index in [9.17, 15) is 9.59 Å². The molecule has 26 heavy (non-hydrogen) atoms. The summed E-state index contributed by atoms with van der Waals surface area (Å²) in [5.41, 5.74) is 2.69. The van der Waals surface area contributed by atoms with Gasteiger partial charge in [0.1, 0.15) is 0 Å². The monoisotopic (exact) mass is 370 g/mol. The molecule has 0 radical (unpaired) electrons. The smallest absolute Gasteiger partial charge is 0.258 e. The molecule has 2 amide bonds. The first kappa shape index (κ1) is 17.2. The predicted molar refractivity (Wildman–Crippen MR) is 105 cm³/mol. The summed E-state index contributed by atoms with van der Waals surface area (Å²) < 4.78 is 0. The Hall–Kier alpha value is -2.22. The zero-order valence-electron chi connectivity index (χ0n) is 15.0. The number of anilines is 3. The molecule has 0 bridgehead atoms. The number of hydrogen-bond acceptors (Lipinski definition) is 5. The lowest BCUT2D eigenvalue weighted by molar-refractivity contribution is -0.119. The average Bonchev–Trinajstić information content (AvgIpc) is 2.93. The van der Waals surface area contributed by atoms with Crippen LogP contribution in [-0.4, -0.2) is 61.4 Å². The highest BCUT2D eigenvalue weighted by Crippen LogP contribution is 2.41. The van der Waals surface area contributed by atoms with Gasteiger partial charge in [-0.25, -0.2) is 0 Å². The fourth-order valence-electron chi connectivity index (χ4n) is 3.51. The summed E-state index contributed by atoms with van der Waals surface area (Å²) in [6.07, 6.45) is 0. The maximum atomic E-state index is 13.3. The number of likely N-dealkylation sites (N-methyl/N-ethyl adjacent to an activating group) is 1. The van der Waals surface area contributed by atoms with E-state index in [0.717, 1.165) is 36.7 Å². The van der Waals surface area contributed by atoms with E-state index >= 15 is 0 Å². The topological polar surface area (TPSA) is 55.9 Å². The first-order valence-electron chi connectivity index (χ1n) is 8.77. The van der Waals surface area contributed by atoms with Gasteiger partial charge in [-0.2, -0.15) is 0 Å². The van der Waals surface area contributed by atoms with Crippen molar-refractivity contribution in [1.82, 2.24) is 9.80 Å². The first-order valence-corrected chi connectivity index (χ1v) is 9.65. The predicted octanol–water partition coefficient (Wildman–Crippen LogP) is 2.53. The minimum Gasteiger partial charge on any atom is -0.320 e. The third-order valence-corrected chi connectivity index (χ3v) is 5.92. The Kier molecular flexibility index (Phi) is 4.52. The number of rotatable bonds is 2. The second kappa shape index (κ2) is 6.83. The highest BCUT2D eigenvalue weighted by Gasteiger charge is 2.32. The first-order chi connectivity index (χ1) is 12.5. The van der Waals surface area contributed by atoms with E-state index in [4.69, 9.17) is 0 Å². The van der Waals surface area contributed by atoms with Crippen LogP contribution in [-0.2, 0) is 4.79 Å². The Morgan fingerprint density at radius 2 is 1.88 bits per heavy atom. The van der Waals surface area contributed by atoms with Crippen LogP contribution in [0.2, 0.25) is 0 Å². The van der Waals surface area contributed by atoms with Crippen LogP contribution in [0.15, 0.2) is 29.6 Å². The molecular weight excluding hydrogens is 348 g/mol. The zero-order chi connectivity index (χ0) is 18.3. The zero-order valence-corrected chi connectivity index (χ0v) is 15.8. The average molecular weight is 370 g/mol. The lowest BCUT2D eigenvalue weighted by Gasteiger charge is -2.33. The Morgan fingerprint density at radius 1 is 1.15 bits per heavy atom. The molecule has 2 aromatic rings. The summed E-state index contributed by atoms with van der Waals surface area (Å²) in [7, 11) is 2.10. The quantitative estimate of drug-likeness (QED) is 0.883. The van der Waals surface area contributed by atoms with Crippen LogP contribution in [0.25, 0.3) is 0 Å². The van der Waals surface area contributed by atoms with Gasteiger partial charge in [0.2, 0.25) is 5.91 Å². The van der Waals surface area contributed by atoms with Crippen LogP contribution >= 0.6 is 11.3 Å². The fourth-order valence-corrected chi connectivity index (χ4v) is 4.34. The van der Waals surface area contributed by atoms with E-state index in [0.29, 0.717) is 23.5 Å². The molecule has 2 aliphatic rings. The van der Waals surface area contributed by atoms with Gasteiger partial charge in [-0.05, 0) is 26.1 Å². The number of carbonyl (C=O) groups excluding carboxylic acids is 2. The van der Waals surface area contributed by atoms with Crippen LogP contribution in [0, 0.1) is 6.92 Å². The summed E-state index contributed by atoms with van der Waals surface area (Å²) in [5.74, 6) is -0.154. The number of aryl methyl sites for hydroxylation is 1. The largest absolute Gasteiger partial charge is 0.320 e. The van der Waals surface area contributed by atoms with Crippen LogP contribution in [0.5, 0.6) is 0 Å². The summed E-state index contributed by atoms with van der Waals surface area (Å²) in [6.45, 7) is 5.96. The summed E-state index contributed by atoms with van der Waals surface area (Å²) >= 11 is 1.50. The van der Waals surface area contributed by atoms with Gasteiger partial charge >= 0.3 is 0 Å². The number of para-hydroxylation sites is 2. The summed E-state index contributed by atoms with van der Waals surface area (Å²) in [6, 6.07) is 7.49. The third kappa shape index (κ3) is 3.02. The molecule has 1 aromatic heterocycles. The SMILES string of the molecule is Cc1scc2c1C(=O)Nc1ccccc1N2C(=O)CN1CCN(C)CC1. The number of benzene rings is 1. The molecule has 0 atom stereocenters. The number of fused-ring (bicyclic) bond motifs is 2. The molecule has 1 N–H and O–H groups in total. The molecule has 0 saturated carbocycles. The minimum absolute atomic E-state index is 0.00227. The molecule has 0 spiro atoms. The van der Waals surface area contributed by atoms with Crippen molar-refractivity contribution in [1.29, 1.82) is 0 Å². The molecule has 136 valence electrons. The highest BCUT2D eigenvalue weighted by molar-refractivity contribution is 7.10. The molecule has 6 nitrogen and oxygen atoms in total. The van der Waals surface area contributed by atoms with Crippen molar-refractivity contribution in [2.75, 3.05) is 50.0 Å². The number of hydrogen-bond donors (Lipinski definition) is 1. The van der Waals surface area contributed by atoms with Crippen molar-refractivity contribution in [2.45, 2.75) is 6.92 Å². The second-order valence-electron chi connectivity index (χ2n) is 6.83. The molecule has 1 fully saturated rings. The van der Waals surface area contributed by atoms with Gasteiger partial charge in [0.15, 0.2) is 0 Å². The van der Waals surface area contributed by atoms with Crippen molar-refractivity contribution in [2.24, 2.45) is 0 Å². The van der Waals surface area contributed by atoms with Crippen molar-refractivity contribution in [3.8, 4) is 0 Å². The number of nitrogens with one attached hydrogen (secondary N) is 1. The van der Waals surface area contributed by atoms with Gasteiger partial charge in [-0.15, -0.1) is 11.3 Å². The van der Waals surface area contributed by atoms with E-state index in [1.54, 1.807) is 4.90 Å².